The van der Waals surface area contributed by atoms with Crippen molar-refractivity contribution in [2.75, 3.05) is 18.7 Å². The quantitative estimate of drug-likeness (QED) is 0.647. The lowest BCUT2D eigenvalue weighted by molar-refractivity contribution is -0.118. The van der Waals surface area contributed by atoms with Gasteiger partial charge in [0.2, 0.25) is 12.7 Å². The lowest BCUT2D eigenvalue weighted by atomic mass is 10.1. The summed E-state index contributed by atoms with van der Waals surface area (Å²) < 4.78 is 21.4. The Kier molecular flexibility index (Phi) is 5.23. The minimum absolute atomic E-state index is 0.0217. The fourth-order valence-electron chi connectivity index (χ4n) is 2.49. The van der Waals surface area contributed by atoms with Gasteiger partial charge in [-0.25, -0.2) is 0 Å². The molecule has 0 aliphatic carbocycles. The first-order chi connectivity index (χ1) is 13.6. The summed E-state index contributed by atoms with van der Waals surface area (Å²) in [5.74, 6) is 1.59. The molecule has 0 saturated carbocycles. The molecule has 0 bridgehead atoms. The number of hydrogen-bond donors (Lipinski definition) is 1. The molecule has 0 unspecified atom stereocenters. The van der Waals surface area contributed by atoms with Gasteiger partial charge in [0.05, 0.1) is 11.4 Å². The van der Waals surface area contributed by atoms with Crippen molar-refractivity contribution in [3.8, 4) is 17.2 Å². The number of ether oxygens (including phenoxy) is 3. The molecule has 1 N–H and O–H groups in total. The number of nitrogens with one attached hydrogen (secondary N) is 1. The van der Waals surface area contributed by atoms with Crippen LogP contribution in [-0.2, 0) is 11.2 Å². The van der Waals surface area contributed by atoms with E-state index in [0.717, 1.165) is 5.56 Å². The molecule has 28 heavy (non-hydrogen) atoms. The Morgan fingerprint density at radius 3 is 2.82 bits per heavy atom. The molecule has 10 heteroatoms. The number of carbonyl (C=O) groups is 1. The summed E-state index contributed by atoms with van der Waals surface area (Å²) in [6.45, 7) is -0.0694. The summed E-state index contributed by atoms with van der Waals surface area (Å²) in [4.78, 5) is 12.0. The molecule has 0 atom stereocenters. The molecule has 0 fully saturated rings. The third-order valence-electron chi connectivity index (χ3n) is 3.76. The van der Waals surface area contributed by atoms with E-state index < -0.39 is 5.91 Å². The van der Waals surface area contributed by atoms with E-state index in [1.165, 1.54) is 6.07 Å². The average Bonchev–Trinajstić information content (AvgIpc) is 3.30. The van der Waals surface area contributed by atoms with Crippen molar-refractivity contribution in [1.82, 2.24) is 10.2 Å². The van der Waals surface area contributed by atoms with Crippen LogP contribution < -0.4 is 19.5 Å². The van der Waals surface area contributed by atoms with Crippen LogP contribution in [-0.4, -0.2) is 29.5 Å². The van der Waals surface area contributed by atoms with Crippen molar-refractivity contribution in [2.45, 2.75) is 6.42 Å². The van der Waals surface area contributed by atoms with Crippen LogP contribution >= 0.6 is 23.2 Å². The molecule has 2 aromatic carbocycles. The van der Waals surface area contributed by atoms with E-state index >= 15 is 0 Å². The normalized spacial score (nSPS) is 12.1. The minimum Gasteiger partial charge on any atom is -0.482 e. The maximum Gasteiger partial charge on any atom is 0.322 e. The predicted octanol–water partition coefficient (Wildman–Crippen LogP) is 3.71. The number of benzene rings is 2. The molecule has 1 aromatic heterocycles. The fourth-order valence-corrected chi connectivity index (χ4v) is 2.96. The Morgan fingerprint density at radius 2 is 1.96 bits per heavy atom. The highest BCUT2D eigenvalue weighted by Crippen LogP contribution is 2.33. The van der Waals surface area contributed by atoms with Gasteiger partial charge < -0.3 is 18.6 Å². The Labute approximate surface area is 169 Å². The molecule has 1 amide bonds. The Bertz CT molecular complexity index is 1020. The number of nitrogens with zero attached hydrogens (tertiary/aromatic N) is 2. The van der Waals surface area contributed by atoms with Crippen molar-refractivity contribution >= 4 is 35.1 Å². The van der Waals surface area contributed by atoms with Crippen LogP contribution in [0.2, 0.25) is 10.0 Å². The van der Waals surface area contributed by atoms with E-state index in [1.807, 2.05) is 18.2 Å². The molecular formula is C18H13Cl2N3O5. The van der Waals surface area contributed by atoms with E-state index in [2.05, 4.69) is 15.5 Å². The zero-order valence-electron chi connectivity index (χ0n) is 14.3. The van der Waals surface area contributed by atoms with E-state index in [4.69, 9.17) is 41.8 Å². The van der Waals surface area contributed by atoms with Crippen LogP contribution in [0.4, 0.5) is 6.01 Å². The second kappa shape index (κ2) is 7.95. The second-order valence-corrected chi connectivity index (χ2v) is 6.62. The lowest BCUT2D eigenvalue weighted by Crippen LogP contribution is -2.20. The zero-order valence-corrected chi connectivity index (χ0v) is 15.8. The first-order valence-electron chi connectivity index (χ1n) is 8.15. The molecule has 3 aromatic rings. The summed E-state index contributed by atoms with van der Waals surface area (Å²) in [6.07, 6.45) is 0.385. The molecule has 0 radical (unpaired) electrons. The number of rotatable bonds is 6. The summed E-state index contributed by atoms with van der Waals surface area (Å²) >= 11 is 11.8. The average molecular weight is 422 g/mol. The molecule has 0 saturated heterocycles. The van der Waals surface area contributed by atoms with Crippen LogP contribution in [0, 0.1) is 0 Å². The monoisotopic (exact) mass is 421 g/mol. The van der Waals surface area contributed by atoms with Gasteiger partial charge in [-0.05, 0) is 35.9 Å². The molecule has 144 valence electrons. The van der Waals surface area contributed by atoms with Crippen LogP contribution in [0.15, 0.2) is 40.8 Å². The smallest absolute Gasteiger partial charge is 0.322 e. The molecule has 4 rings (SSSR count). The molecular weight excluding hydrogens is 409 g/mol. The van der Waals surface area contributed by atoms with Crippen LogP contribution in [0.5, 0.6) is 17.2 Å². The molecule has 8 nitrogen and oxygen atoms in total. The fraction of sp³-hybridized carbons (Fsp3) is 0.167. The number of halogens is 2. The summed E-state index contributed by atoms with van der Waals surface area (Å²) in [7, 11) is 0. The van der Waals surface area contributed by atoms with Gasteiger partial charge in [0, 0.05) is 5.02 Å². The van der Waals surface area contributed by atoms with E-state index in [0.29, 0.717) is 39.6 Å². The van der Waals surface area contributed by atoms with Crippen molar-refractivity contribution in [2.24, 2.45) is 0 Å². The van der Waals surface area contributed by atoms with Crippen molar-refractivity contribution in [1.29, 1.82) is 0 Å². The molecule has 1 aliphatic heterocycles. The Balaban J connectivity index is 1.32. The van der Waals surface area contributed by atoms with Crippen LogP contribution in [0.25, 0.3) is 0 Å². The van der Waals surface area contributed by atoms with Gasteiger partial charge in [-0.15, -0.1) is 5.10 Å². The Hall–Kier alpha value is -2.97. The van der Waals surface area contributed by atoms with Crippen molar-refractivity contribution < 1.29 is 23.4 Å². The highest BCUT2D eigenvalue weighted by atomic mass is 35.5. The van der Waals surface area contributed by atoms with Gasteiger partial charge in [0.25, 0.3) is 5.91 Å². The molecule has 1 aliphatic rings. The SMILES string of the molecule is O=C(COc1ccc(Cl)cc1Cl)Nc1nnc(Cc2ccc3c(c2)OCO3)o1. The summed E-state index contributed by atoms with van der Waals surface area (Å²) in [5, 5.41) is 11.0. The van der Waals surface area contributed by atoms with E-state index in [1.54, 1.807) is 12.1 Å². The number of aromatic nitrogens is 2. The van der Waals surface area contributed by atoms with E-state index in [-0.39, 0.29) is 19.4 Å². The minimum atomic E-state index is -0.468. The van der Waals surface area contributed by atoms with Crippen molar-refractivity contribution in [3.63, 3.8) is 0 Å². The number of hydrogen-bond acceptors (Lipinski definition) is 7. The van der Waals surface area contributed by atoms with Gasteiger partial charge in [0.1, 0.15) is 5.75 Å². The number of anilines is 1. The highest BCUT2D eigenvalue weighted by Gasteiger charge is 2.16. The second-order valence-electron chi connectivity index (χ2n) is 5.78. The lowest BCUT2D eigenvalue weighted by Gasteiger charge is -2.07. The first kappa shape index (κ1) is 18.4. The molecule has 0 spiro atoms. The maximum atomic E-state index is 12.0. The largest absolute Gasteiger partial charge is 0.482 e. The molecule has 2 heterocycles. The zero-order chi connectivity index (χ0) is 19.5. The number of carbonyl (C=O) groups excluding carboxylic acids is 1. The maximum absolute atomic E-state index is 12.0. The topological polar surface area (TPSA) is 95.7 Å². The van der Waals surface area contributed by atoms with Gasteiger partial charge in [-0.2, -0.15) is 0 Å². The third kappa shape index (κ3) is 4.29. The summed E-state index contributed by atoms with van der Waals surface area (Å²) in [5.41, 5.74) is 0.909. The third-order valence-corrected chi connectivity index (χ3v) is 4.29. The Morgan fingerprint density at radius 1 is 1.11 bits per heavy atom. The van der Waals surface area contributed by atoms with Gasteiger partial charge in [0.15, 0.2) is 18.1 Å². The number of amides is 1. The van der Waals surface area contributed by atoms with Crippen molar-refractivity contribution in [3.05, 3.63) is 57.9 Å². The van der Waals surface area contributed by atoms with Gasteiger partial charge in [-0.3, -0.25) is 10.1 Å². The first-order valence-corrected chi connectivity index (χ1v) is 8.91. The predicted molar refractivity (Wildman–Crippen MR) is 100 cm³/mol. The highest BCUT2D eigenvalue weighted by molar-refractivity contribution is 6.35. The standard InChI is InChI=1S/C18H13Cl2N3O5/c19-11-2-4-13(12(20)7-11)25-8-16(24)21-18-23-22-17(28-18)6-10-1-3-14-15(5-10)27-9-26-14/h1-5,7H,6,8-9H2,(H,21,23,24). The van der Waals surface area contributed by atoms with Crippen LogP contribution in [0.3, 0.4) is 0 Å². The number of fused-ring (bicyclic) bond motifs is 1. The van der Waals surface area contributed by atoms with Gasteiger partial charge >= 0.3 is 6.01 Å². The van der Waals surface area contributed by atoms with Crippen LogP contribution in [0.1, 0.15) is 11.5 Å². The van der Waals surface area contributed by atoms with Gasteiger partial charge in [-0.1, -0.05) is 34.4 Å². The van der Waals surface area contributed by atoms with E-state index in [9.17, 15) is 4.79 Å². The summed E-state index contributed by atoms with van der Waals surface area (Å²) in [6, 6.07) is 10.2.